The predicted octanol–water partition coefficient (Wildman–Crippen LogP) is 3.70. The lowest BCUT2D eigenvalue weighted by Crippen LogP contribution is -2.24. The largest absolute Gasteiger partial charge is 0.416 e. The van der Waals surface area contributed by atoms with Gasteiger partial charge < -0.3 is 5.11 Å². The van der Waals surface area contributed by atoms with Crippen LogP contribution in [-0.4, -0.2) is 14.7 Å². The van der Waals surface area contributed by atoms with Crippen LogP contribution in [0.15, 0.2) is 35.4 Å². The van der Waals surface area contributed by atoms with Gasteiger partial charge in [0, 0.05) is 4.88 Å². The lowest BCUT2D eigenvalue weighted by molar-refractivity contribution is -0.137. The molecule has 2 aromatic heterocycles. The Bertz CT molecular complexity index is 1040. The Labute approximate surface area is 150 Å². The van der Waals surface area contributed by atoms with Crippen LogP contribution in [0.5, 0.6) is 0 Å². The van der Waals surface area contributed by atoms with Crippen LogP contribution < -0.4 is 5.56 Å². The van der Waals surface area contributed by atoms with Crippen molar-refractivity contribution in [2.24, 2.45) is 0 Å². The highest BCUT2D eigenvalue weighted by atomic mass is 32.1. The Balaban J connectivity index is 1.67. The topological polar surface area (TPSA) is 55.1 Å². The second-order valence-electron chi connectivity index (χ2n) is 6.38. The van der Waals surface area contributed by atoms with Crippen molar-refractivity contribution in [3.8, 4) is 0 Å². The number of aromatic nitrogens is 2. The summed E-state index contributed by atoms with van der Waals surface area (Å²) in [6.45, 7) is -0.145. The number of aliphatic hydroxyl groups is 1. The van der Waals surface area contributed by atoms with Gasteiger partial charge in [0.05, 0.1) is 29.9 Å². The van der Waals surface area contributed by atoms with E-state index in [1.165, 1.54) is 39.2 Å². The lowest BCUT2D eigenvalue weighted by Gasteiger charge is -2.15. The molecule has 2 heterocycles. The van der Waals surface area contributed by atoms with E-state index < -0.39 is 17.8 Å². The average Bonchev–Trinajstić information content (AvgIpc) is 3.17. The first-order valence-electron chi connectivity index (χ1n) is 8.19. The van der Waals surface area contributed by atoms with Gasteiger partial charge in [-0.1, -0.05) is 12.1 Å². The van der Waals surface area contributed by atoms with Crippen LogP contribution in [0.2, 0.25) is 0 Å². The molecule has 1 N–H and O–H groups in total. The summed E-state index contributed by atoms with van der Waals surface area (Å²) in [4.78, 5) is 18.9. The summed E-state index contributed by atoms with van der Waals surface area (Å²) in [5.41, 5.74) is 0.0684. The summed E-state index contributed by atoms with van der Waals surface area (Å²) >= 11 is 1.52. The molecule has 136 valence electrons. The Morgan fingerprint density at radius 3 is 2.88 bits per heavy atom. The number of alkyl halides is 3. The fourth-order valence-electron chi connectivity index (χ4n) is 3.36. The van der Waals surface area contributed by atoms with Gasteiger partial charge in [-0.25, -0.2) is 4.98 Å². The summed E-state index contributed by atoms with van der Waals surface area (Å²) in [6, 6.07) is 4.52. The minimum absolute atomic E-state index is 0.113. The van der Waals surface area contributed by atoms with Crippen LogP contribution in [0.1, 0.15) is 34.1 Å². The van der Waals surface area contributed by atoms with Crippen LogP contribution in [-0.2, 0) is 25.6 Å². The van der Waals surface area contributed by atoms with Gasteiger partial charge in [-0.05, 0) is 42.5 Å². The molecule has 3 aromatic rings. The zero-order valence-electron chi connectivity index (χ0n) is 13.6. The Kier molecular flexibility index (Phi) is 4.11. The summed E-state index contributed by atoms with van der Waals surface area (Å²) < 4.78 is 39.8. The molecule has 0 aliphatic heterocycles. The fraction of sp³-hybridized carbons (Fsp3) is 0.333. The maximum absolute atomic E-state index is 12.8. The van der Waals surface area contributed by atoms with E-state index in [4.69, 9.17) is 0 Å². The predicted molar refractivity (Wildman–Crippen MR) is 92.3 cm³/mol. The van der Waals surface area contributed by atoms with E-state index >= 15 is 0 Å². The molecular formula is C18H15F3N2O2S. The molecule has 26 heavy (non-hydrogen) atoms. The van der Waals surface area contributed by atoms with Gasteiger partial charge in [0.2, 0.25) is 0 Å². The molecule has 4 nitrogen and oxygen atoms in total. The number of fused-ring (bicyclic) bond motifs is 3. The molecule has 1 unspecified atom stereocenters. The van der Waals surface area contributed by atoms with Crippen molar-refractivity contribution in [1.29, 1.82) is 0 Å². The van der Waals surface area contributed by atoms with Crippen LogP contribution in [0.25, 0.3) is 10.2 Å². The highest BCUT2D eigenvalue weighted by Crippen LogP contribution is 2.34. The number of aliphatic hydroxyl groups excluding tert-OH is 1. The zero-order chi connectivity index (χ0) is 18.5. The summed E-state index contributed by atoms with van der Waals surface area (Å²) in [5, 5.41) is 10.9. The van der Waals surface area contributed by atoms with Gasteiger partial charge in [0.15, 0.2) is 0 Å². The summed E-state index contributed by atoms with van der Waals surface area (Å²) in [5.74, 6) is 0. The number of thiophene rings is 1. The number of halogens is 3. The van der Waals surface area contributed by atoms with Crippen molar-refractivity contribution in [3.63, 3.8) is 0 Å². The molecule has 1 atom stereocenters. The number of hydrogen-bond donors (Lipinski definition) is 1. The molecule has 0 amide bonds. The van der Waals surface area contributed by atoms with E-state index in [1.54, 1.807) is 0 Å². The molecule has 1 aliphatic rings. The number of nitrogens with zero attached hydrogens (tertiary/aromatic N) is 2. The van der Waals surface area contributed by atoms with Gasteiger partial charge in [-0.3, -0.25) is 9.36 Å². The minimum atomic E-state index is -4.48. The Hall–Kier alpha value is -2.19. The van der Waals surface area contributed by atoms with Crippen LogP contribution >= 0.6 is 11.3 Å². The molecular weight excluding hydrogens is 365 g/mol. The van der Waals surface area contributed by atoms with Crippen molar-refractivity contribution in [1.82, 2.24) is 9.55 Å². The Morgan fingerprint density at radius 2 is 2.12 bits per heavy atom. The molecule has 1 aromatic carbocycles. The van der Waals surface area contributed by atoms with E-state index in [0.717, 1.165) is 37.0 Å². The third-order valence-electron chi connectivity index (χ3n) is 4.66. The van der Waals surface area contributed by atoms with Crippen molar-refractivity contribution in [3.05, 3.63) is 62.5 Å². The van der Waals surface area contributed by atoms with Gasteiger partial charge in [-0.2, -0.15) is 13.2 Å². The normalized spacial score (nSPS) is 15.4. The van der Waals surface area contributed by atoms with Crippen molar-refractivity contribution >= 4 is 21.6 Å². The van der Waals surface area contributed by atoms with Crippen molar-refractivity contribution in [2.45, 2.75) is 38.1 Å². The molecule has 8 heteroatoms. The molecule has 4 rings (SSSR count). The molecule has 0 saturated heterocycles. The van der Waals surface area contributed by atoms with Crippen molar-refractivity contribution in [2.75, 3.05) is 0 Å². The second kappa shape index (κ2) is 6.21. The number of hydrogen-bond acceptors (Lipinski definition) is 4. The molecule has 1 aliphatic carbocycles. The van der Waals surface area contributed by atoms with Crippen LogP contribution in [0.3, 0.4) is 0 Å². The number of rotatable bonds is 3. The quantitative estimate of drug-likeness (QED) is 0.754. The monoisotopic (exact) mass is 380 g/mol. The van der Waals surface area contributed by atoms with E-state index in [0.29, 0.717) is 10.2 Å². The maximum atomic E-state index is 12.8. The third kappa shape index (κ3) is 2.93. The average molecular weight is 380 g/mol. The van der Waals surface area contributed by atoms with Crippen LogP contribution in [0, 0.1) is 0 Å². The smallest absolute Gasteiger partial charge is 0.387 e. The third-order valence-corrected chi connectivity index (χ3v) is 5.86. The molecule has 0 radical (unpaired) electrons. The summed E-state index contributed by atoms with van der Waals surface area (Å²) in [6.07, 6.45) is -1.56. The van der Waals surface area contributed by atoms with Gasteiger partial charge in [0.1, 0.15) is 4.83 Å². The number of benzene rings is 1. The zero-order valence-corrected chi connectivity index (χ0v) is 14.4. The highest BCUT2D eigenvalue weighted by Gasteiger charge is 2.31. The van der Waals surface area contributed by atoms with Gasteiger partial charge in [0.25, 0.3) is 5.56 Å². The number of aryl methyl sites for hydroxylation is 2. The van der Waals surface area contributed by atoms with Crippen LogP contribution in [0.4, 0.5) is 13.2 Å². The molecule has 0 saturated carbocycles. The first-order chi connectivity index (χ1) is 12.3. The van der Waals surface area contributed by atoms with Gasteiger partial charge >= 0.3 is 6.18 Å². The van der Waals surface area contributed by atoms with E-state index in [2.05, 4.69) is 4.98 Å². The molecule has 0 bridgehead atoms. The molecule has 0 fully saturated rings. The van der Waals surface area contributed by atoms with E-state index in [9.17, 15) is 23.1 Å². The van der Waals surface area contributed by atoms with Gasteiger partial charge in [-0.15, -0.1) is 11.3 Å². The first-order valence-corrected chi connectivity index (χ1v) is 9.01. The van der Waals surface area contributed by atoms with E-state index in [1.807, 2.05) is 0 Å². The standard InChI is InChI=1S/C18H15F3N2O2S/c19-18(20,21)11-4-1-3-10(7-11)13(24)8-23-9-22-16-15(17(23)25)12-5-2-6-14(12)26-16/h1,3-4,7,9,13,24H,2,5-6,8H2. The summed E-state index contributed by atoms with van der Waals surface area (Å²) in [7, 11) is 0. The Morgan fingerprint density at radius 1 is 1.31 bits per heavy atom. The van der Waals surface area contributed by atoms with Crippen molar-refractivity contribution < 1.29 is 18.3 Å². The first kappa shape index (κ1) is 17.2. The highest BCUT2D eigenvalue weighted by molar-refractivity contribution is 7.18. The fourth-order valence-corrected chi connectivity index (χ4v) is 4.58. The van der Waals surface area contributed by atoms with E-state index in [-0.39, 0.29) is 17.7 Å². The minimum Gasteiger partial charge on any atom is -0.387 e. The SMILES string of the molecule is O=c1c2c3c(sc2ncn1CC(O)c1cccc(C(F)(F)F)c1)CCC3. The lowest BCUT2D eigenvalue weighted by atomic mass is 10.1. The maximum Gasteiger partial charge on any atom is 0.416 e. The molecule has 0 spiro atoms. The second-order valence-corrected chi connectivity index (χ2v) is 7.46.